The molecule has 0 fully saturated rings. The van der Waals surface area contributed by atoms with E-state index in [2.05, 4.69) is 15.4 Å². The van der Waals surface area contributed by atoms with Gasteiger partial charge >= 0.3 is 6.18 Å². The molecule has 0 bridgehead atoms. The lowest BCUT2D eigenvalue weighted by Gasteiger charge is -2.12. The first-order chi connectivity index (χ1) is 15.3. The minimum absolute atomic E-state index is 0.0298. The van der Waals surface area contributed by atoms with E-state index in [9.17, 15) is 22.4 Å². The molecule has 164 valence electrons. The molecule has 0 saturated heterocycles. The number of carbonyl (C=O) groups excluding carboxylic acids is 1. The van der Waals surface area contributed by atoms with Gasteiger partial charge in [0, 0.05) is 18.5 Å². The number of halogens is 4. The Kier molecular flexibility index (Phi) is 5.76. The van der Waals surface area contributed by atoms with Crippen molar-refractivity contribution in [2.24, 2.45) is 0 Å². The Morgan fingerprint density at radius 1 is 1.06 bits per heavy atom. The van der Waals surface area contributed by atoms with Crippen LogP contribution >= 0.6 is 0 Å². The molecule has 0 unspecified atom stereocenters. The summed E-state index contributed by atoms with van der Waals surface area (Å²) in [4.78, 5) is 16.7. The van der Waals surface area contributed by atoms with E-state index < -0.39 is 29.2 Å². The first-order valence-electron chi connectivity index (χ1n) is 9.52. The number of hydrogen-bond acceptors (Lipinski definition) is 4. The number of amides is 1. The molecule has 0 atom stereocenters. The maximum atomic E-state index is 13.7. The summed E-state index contributed by atoms with van der Waals surface area (Å²) in [6.45, 7) is 0.0298. The van der Waals surface area contributed by atoms with Crippen molar-refractivity contribution in [3.8, 4) is 17.1 Å². The van der Waals surface area contributed by atoms with Crippen LogP contribution < -0.4 is 5.32 Å². The molecular weight excluding hydrogens is 428 g/mol. The van der Waals surface area contributed by atoms with Gasteiger partial charge in [-0.2, -0.15) is 18.3 Å². The summed E-state index contributed by atoms with van der Waals surface area (Å²) in [6.07, 6.45) is -2.28. The number of alkyl halides is 3. The Labute approximate surface area is 179 Å². The zero-order valence-corrected chi connectivity index (χ0v) is 16.4. The average molecular weight is 444 g/mol. The zero-order valence-electron chi connectivity index (χ0n) is 16.4. The Balaban J connectivity index is 1.45. The summed E-state index contributed by atoms with van der Waals surface area (Å²) in [5, 5.41) is 6.22. The minimum atomic E-state index is -4.78. The van der Waals surface area contributed by atoms with Crippen molar-refractivity contribution in [3.63, 3.8) is 0 Å². The molecule has 2 aromatic carbocycles. The van der Waals surface area contributed by atoms with E-state index in [1.165, 1.54) is 42.7 Å². The summed E-state index contributed by atoms with van der Waals surface area (Å²) >= 11 is 0. The SMILES string of the molecule is O=C(NCCc1coc(-c2ccc(F)cc2)n1)c1cnn(-c2ccccc2)c1C(F)(F)F. The first kappa shape index (κ1) is 21.3. The highest BCUT2D eigenvalue weighted by molar-refractivity contribution is 5.95. The van der Waals surface area contributed by atoms with Gasteiger partial charge in [0.15, 0.2) is 5.69 Å². The van der Waals surface area contributed by atoms with Gasteiger partial charge in [0.1, 0.15) is 12.1 Å². The Morgan fingerprint density at radius 2 is 1.78 bits per heavy atom. The zero-order chi connectivity index (χ0) is 22.7. The highest BCUT2D eigenvalue weighted by Gasteiger charge is 2.40. The van der Waals surface area contributed by atoms with Crippen LogP contribution in [0, 0.1) is 5.82 Å². The summed E-state index contributed by atoms with van der Waals surface area (Å²) < 4.78 is 60.1. The van der Waals surface area contributed by atoms with Gasteiger partial charge < -0.3 is 9.73 Å². The first-order valence-corrected chi connectivity index (χ1v) is 9.52. The number of oxazole rings is 1. The second-order valence-corrected chi connectivity index (χ2v) is 6.81. The van der Waals surface area contributed by atoms with E-state index in [1.807, 2.05) is 0 Å². The van der Waals surface area contributed by atoms with Crippen molar-refractivity contribution in [2.45, 2.75) is 12.6 Å². The molecule has 1 amide bonds. The number of hydrogen-bond donors (Lipinski definition) is 1. The molecule has 4 rings (SSSR count). The predicted octanol–water partition coefficient (Wildman–Crippen LogP) is 4.66. The van der Waals surface area contributed by atoms with Gasteiger partial charge in [0.05, 0.1) is 23.1 Å². The van der Waals surface area contributed by atoms with Gasteiger partial charge in [-0.25, -0.2) is 14.1 Å². The number of para-hydroxylation sites is 1. The molecule has 32 heavy (non-hydrogen) atoms. The molecule has 2 aromatic heterocycles. The van der Waals surface area contributed by atoms with Gasteiger partial charge in [-0.3, -0.25) is 4.79 Å². The summed E-state index contributed by atoms with van der Waals surface area (Å²) in [5.41, 5.74) is -0.477. The third-order valence-electron chi connectivity index (χ3n) is 4.59. The highest BCUT2D eigenvalue weighted by Crippen LogP contribution is 2.33. The lowest BCUT2D eigenvalue weighted by molar-refractivity contribution is -0.143. The van der Waals surface area contributed by atoms with Gasteiger partial charge in [0.2, 0.25) is 5.89 Å². The number of aromatic nitrogens is 3. The van der Waals surface area contributed by atoms with Crippen molar-refractivity contribution >= 4 is 5.91 Å². The average Bonchev–Trinajstić information content (AvgIpc) is 3.42. The predicted molar refractivity (Wildman–Crippen MR) is 107 cm³/mol. The van der Waals surface area contributed by atoms with E-state index in [0.29, 0.717) is 15.9 Å². The van der Waals surface area contributed by atoms with Crippen LogP contribution in [0.25, 0.3) is 17.1 Å². The summed E-state index contributed by atoms with van der Waals surface area (Å²) in [7, 11) is 0. The standard InChI is InChI=1S/C22H16F4N4O2/c23-15-8-6-14(7-9-15)21-29-16(13-32-21)10-11-27-20(31)18-12-28-30(19(18)22(24,25)26)17-4-2-1-3-5-17/h1-9,12-13H,10-11H2,(H,27,31). The van der Waals surface area contributed by atoms with E-state index in [1.54, 1.807) is 18.2 Å². The fourth-order valence-corrected chi connectivity index (χ4v) is 3.10. The Morgan fingerprint density at radius 3 is 2.47 bits per heavy atom. The smallest absolute Gasteiger partial charge is 0.434 e. The molecule has 1 N–H and O–H groups in total. The number of nitrogens with one attached hydrogen (secondary N) is 1. The third kappa shape index (κ3) is 4.53. The van der Waals surface area contributed by atoms with E-state index in [4.69, 9.17) is 4.42 Å². The van der Waals surface area contributed by atoms with Crippen LogP contribution in [0.2, 0.25) is 0 Å². The van der Waals surface area contributed by atoms with Crippen LogP contribution in [0.15, 0.2) is 71.5 Å². The molecule has 0 radical (unpaired) electrons. The van der Waals surface area contributed by atoms with E-state index >= 15 is 0 Å². The summed E-state index contributed by atoms with van der Waals surface area (Å²) in [5.74, 6) is -1.02. The molecule has 0 aliphatic heterocycles. The van der Waals surface area contributed by atoms with E-state index in [0.717, 1.165) is 6.20 Å². The fraction of sp³-hybridized carbons (Fsp3) is 0.136. The second kappa shape index (κ2) is 8.66. The van der Waals surface area contributed by atoms with Crippen LogP contribution in [0.5, 0.6) is 0 Å². The topological polar surface area (TPSA) is 73.0 Å². The maximum Gasteiger partial charge on any atom is 0.434 e. The van der Waals surface area contributed by atoms with Gasteiger partial charge in [-0.05, 0) is 36.4 Å². The van der Waals surface area contributed by atoms with Crippen LogP contribution in [0.4, 0.5) is 17.6 Å². The molecule has 4 aromatic rings. The van der Waals surface area contributed by atoms with Gasteiger partial charge in [0.25, 0.3) is 5.91 Å². The molecule has 0 aliphatic rings. The molecule has 10 heteroatoms. The number of rotatable bonds is 6. The van der Waals surface area contributed by atoms with Crippen molar-refractivity contribution in [1.82, 2.24) is 20.1 Å². The number of carbonyl (C=O) groups is 1. The quantitative estimate of drug-likeness (QED) is 0.439. The molecule has 2 heterocycles. The van der Waals surface area contributed by atoms with Gasteiger partial charge in [-0.15, -0.1) is 0 Å². The van der Waals surface area contributed by atoms with Gasteiger partial charge in [-0.1, -0.05) is 18.2 Å². The highest BCUT2D eigenvalue weighted by atomic mass is 19.4. The normalized spacial score (nSPS) is 11.5. The van der Waals surface area contributed by atoms with Crippen LogP contribution in [-0.2, 0) is 12.6 Å². The van der Waals surface area contributed by atoms with Crippen molar-refractivity contribution in [1.29, 1.82) is 0 Å². The van der Waals surface area contributed by atoms with Crippen molar-refractivity contribution in [3.05, 3.63) is 89.8 Å². The lowest BCUT2D eigenvalue weighted by atomic mass is 10.2. The number of benzene rings is 2. The van der Waals surface area contributed by atoms with Crippen LogP contribution in [0.3, 0.4) is 0 Å². The number of nitrogens with zero attached hydrogens (tertiary/aromatic N) is 3. The fourth-order valence-electron chi connectivity index (χ4n) is 3.10. The molecule has 0 aliphatic carbocycles. The largest absolute Gasteiger partial charge is 0.444 e. The molecular formula is C22H16F4N4O2. The summed E-state index contributed by atoms with van der Waals surface area (Å²) in [6, 6.07) is 13.3. The Bertz CT molecular complexity index is 1210. The van der Waals surface area contributed by atoms with E-state index in [-0.39, 0.29) is 24.5 Å². The van der Waals surface area contributed by atoms with Crippen molar-refractivity contribution in [2.75, 3.05) is 6.54 Å². The molecule has 0 saturated carbocycles. The second-order valence-electron chi connectivity index (χ2n) is 6.81. The van der Waals surface area contributed by atoms with Crippen LogP contribution in [-0.4, -0.2) is 27.2 Å². The molecule has 6 nitrogen and oxygen atoms in total. The van der Waals surface area contributed by atoms with Crippen LogP contribution in [0.1, 0.15) is 21.7 Å². The maximum absolute atomic E-state index is 13.7. The Hall–Kier alpha value is -3.95. The van der Waals surface area contributed by atoms with Crippen molar-refractivity contribution < 1.29 is 26.8 Å². The minimum Gasteiger partial charge on any atom is -0.444 e. The monoisotopic (exact) mass is 444 g/mol. The lowest BCUT2D eigenvalue weighted by Crippen LogP contribution is -2.28. The molecule has 0 spiro atoms. The third-order valence-corrected chi connectivity index (χ3v) is 4.59.